The van der Waals surface area contributed by atoms with Crippen LogP contribution in [-0.2, 0) is 6.42 Å². The predicted octanol–water partition coefficient (Wildman–Crippen LogP) is 5.40. The molecule has 2 N–H and O–H groups in total. The summed E-state index contributed by atoms with van der Waals surface area (Å²) in [5, 5.41) is 20.5. The molecule has 186 valence electrons. The number of benzene rings is 3. The first kappa shape index (κ1) is 22.0. The highest BCUT2D eigenvalue weighted by molar-refractivity contribution is 5.83. The second kappa shape index (κ2) is 9.32. The van der Waals surface area contributed by atoms with Crippen LogP contribution in [0.25, 0.3) is 44.1 Å². The van der Waals surface area contributed by atoms with E-state index in [4.69, 9.17) is 14.0 Å². The van der Waals surface area contributed by atoms with E-state index in [1.807, 2.05) is 54.6 Å². The SMILES string of the molecule is c1ccc2c(C[C@@H](COc3cncc(-c4ccc5nonc5c4)c3)Nc3ccc4nonc4c3)c[nH]c2c1. The van der Waals surface area contributed by atoms with Gasteiger partial charge in [0, 0.05) is 34.5 Å². The van der Waals surface area contributed by atoms with E-state index in [1.54, 1.807) is 12.4 Å². The molecule has 0 aliphatic rings. The Labute approximate surface area is 215 Å². The van der Waals surface area contributed by atoms with Gasteiger partial charge in [-0.15, -0.1) is 0 Å². The molecule has 38 heavy (non-hydrogen) atoms. The molecule has 3 aromatic carbocycles. The van der Waals surface area contributed by atoms with Crippen molar-refractivity contribution in [3.63, 3.8) is 0 Å². The zero-order chi connectivity index (χ0) is 25.3. The van der Waals surface area contributed by atoms with Crippen molar-refractivity contribution < 1.29 is 14.0 Å². The number of H-pyrrole nitrogens is 1. The lowest BCUT2D eigenvalue weighted by Gasteiger charge is -2.20. The molecule has 4 heterocycles. The second-order valence-corrected chi connectivity index (χ2v) is 9.06. The number of pyridine rings is 1. The minimum absolute atomic E-state index is 0.0484. The molecule has 0 aliphatic carbocycles. The molecule has 4 aromatic heterocycles. The number of hydrogen-bond donors (Lipinski definition) is 2. The minimum atomic E-state index is -0.0484. The average molecular weight is 504 g/mol. The Morgan fingerprint density at radius 1 is 0.789 bits per heavy atom. The van der Waals surface area contributed by atoms with Crippen LogP contribution in [0.1, 0.15) is 5.56 Å². The van der Waals surface area contributed by atoms with Crippen LogP contribution in [0.3, 0.4) is 0 Å². The van der Waals surface area contributed by atoms with E-state index >= 15 is 0 Å². The maximum Gasteiger partial charge on any atom is 0.138 e. The molecular formula is C28H21N7O3. The molecule has 0 unspecified atom stereocenters. The Kier molecular flexibility index (Phi) is 5.39. The van der Waals surface area contributed by atoms with Gasteiger partial charge >= 0.3 is 0 Å². The van der Waals surface area contributed by atoms with Crippen LogP contribution in [0.15, 0.2) is 94.6 Å². The fraction of sp³-hybridized carbons (Fsp3) is 0.107. The molecule has 0 amide bonds. The highest BCUT2D eigenvalue weighted by Crippen LogP contribution is 2.26. The number of nitrogens with one attached hydrogen (secondary N) is 2. The molecule has 10 nitrogen and oxygen atoms in total. The van der Waals surface area contributed by atoms with Gasteiger partial charge in [0.25, 0.3) is 0 Å². The summed E-state index contributed by atoms with van der Waals surface area (Å²) in [6, 6.07) is 21.7. The van der Waals surface area contributed by atoms with E-state index in [1.165, 1.54) is 10.9 Å². The fourth-order valence-corrected chi connectivity index (χ4v) is 4.64. The largest absolute Gasteiger partial charge is 0.490 e. The first-order chi connectivity index (χ1) is 18.8. The van der Waals surface area contributed by atoms with E-state index in [2.05, 4.69) is 54.2 Å². The number of nitrogens with zero attached hydrogens (tertiary/aromatic N) is 5. The zero-order valence-corrected chi connectivity index (χ0v) is 20.0. The van der Waals surface area contributed by atoms with Gasteiger partial charge in [-0.3, -0.25) is 4.98 Å². The molecule has 0 aliphatic heterocycles. The first-order valence-corrected chi connectivity index (χ1v) is 12.1. The number of rotatable bonds is 8. The maximum atomic E-state index is 6.28. The van der Waals surface area contributed by atoms with E-state index in [0.29, 0.717) is 34.4 Å². The van der Waals surface area contributed by atoms with Gasteiger partial charge in [-0.05, 0) is 80.6 Å². The van der Waals surface area contributed by atoms with Gasteiger partial charge in [-0.1, -0.05) is 24.3 Å². The van der Waals surface area contributed by atoms with Gasteiger partial charge < -0.3 is 15.0 Å². The van der Waals surface area contributed by atoms with Crippen LogP contribution in [0.2, 0.25) is 0 Å². The van der Waals surface area contributed by atoms with E-state index < -0.39 is 0 Å². The Hall–Kier alpha value is -5.25. The topological polar surface area (TPSA) is 128 Å². The number of anilines is 1. The van der Waals surface area contributed by atoms with Crippen molar-refractivity contribution in [2.75, 3.05) is 11.9 Å². The number of para-hydroxylation sites is 1. The normalized spacial score (nSPS) is 12.3. The smallest absolute Gasteiger partial charge is 0.138 e. The molecular weight excluding hydrogens is 482 g/mol. The molecule has 0 spiro atoms. The second-order valence-electron chi connectivity index (χ2n) is 9.06. The van der Waals surface area contributed by atoms with Crippen molar-refractivity contribution in [3.05, 3.63) is 90.9 Å². The Morgan fingerprint density at radius 2 is 1.58 bits per heavy atom. The third kappa shape index (κ3) is 4.28. The number of fused-ring (bicyclic) bond motifs is 3. The van der Waals surface area contributed by atoms with Crippen LogP contribution < -0.4 is 10.1 Å². The molecule has 0 saturated carbocycles. The van der Waals surface area contributed by atoms with Gasteiger partial charge in [0.15, 0.2) is 0 Å². The summed E-state index contributed by atoms with van der Waals surface area (Å²) in [5.74, 6) is 0.669. The van der Waals surface area contributed by atoms with E-state index in [-0.39, 0.29) is 6.04 Å². The van der Waals surface area contributed by atoms with Gasteiger partial charge in [0.2, 0.25) is 0 Å². The predicted molar refractivity (Wildman–Crippen MR) is 142 cm³/mol. The van der Waals surface area contributed by atoms with Crippen LogP contribution in [0, 0.1) is 0 Å². The highest BCUT2D eigenvalue weighted by atomic mass is 16.6. The van der Waals surface area contributed by atoms with Gasteiger partial charge in [0.1, 0.15) is 34.4 Å². The quantitative estimate of drug-likeness (QED) is 0.280. The molecule has 0 bridgehead atoms. The number of aromatic nitrogens is 6. The van der Waals surface area contributed by atoms with Crippen molar-refractivity contribution in [2.24, 2.45) is 0 Å². The van der Waals surface area contributed by atoms with Crippen molar-refractivity contribution in [1.29, 1.82) is 0 Å². The summed E-state index contributed by atoms with van der Waals surface area (Å²) >= 11 is 0. The zero-order valence-electron chi connectivity index (χ0n) is 20.0. The summed E-state index contributed by atoms with van der Waals surface area (Å²) in [6.45, 7) is 0.409. The lowest BCUT2D eigenvalue weighted by Crippen LogP contribution is -2.29. The van der Waals surface area contributed by atoms with E-state index in [0.717, 1.165) is 28.8 Å². The van der Waals surface area contributed by atoms with Crippen molar-refractivity contribution in [1.82, 2.24) is 30.6 Å². The Balaban J connectivity index is 1.14. The molecule has 7 aromatic rings. The van der Waals surface area contributed by atoms with E-state index in [9.17, 15) is 0 Å². The Morgan fingerprint density at radius 3 is 2.47 bits per heavy atom. The van der Waals surface area contributed by atoms with Gasteiger partial charge in [-0.2, -0.15) is 0 Å². The molecule has 0 fully saturated rings. The number of ether oxygens (including phenoxy) is 1. The third-order valence-corrected chi connectivity index (χ3v) is 6.52. The molecule has 0 saturated heterocycles. The minimum Gasteiger partial charge on any atom is -0.490 e. The van der Waals surface area contributed by atoms with Gasteiger partial charge in [0.05, 0.1) is 12.2 Å². The molecule has 1 atom stereocenters. The summed E-state index contributed by atoms with van der Waals surface area (Å²) < 4.78 is 16.0. The third-order valence-electron chi connectivity index (χ3n) is 6.52. The van der Waals surface area contributed by atoms with Crippen molar-refractivity contribution in [2.45, 2.75) is 12.5 Å². The highest BCUT2D eigenvalue weighted by Gasteiger charge is 2.16. The standard InChI is InChI=1S/C28H21N7O3/c1-2-4-24-23(3-1)19(14-30-24)9-21(31-20-6-8-26-28(12-20)35-38-33-26)16-36-22-10-18(13-29-15-22)17-5-7-25-27(11-17)34-37-32-25/h1-8,10-15,21,30-31H,9,16H2/t21-/m0/s1. The summed E-state index contributed by atoms with van der Waals surface area (Å²) in [7, 11) is 0. The first-order valence-electron chi connectivity index (χ1n) is 12.1. The van der Waals surface area contributed by atoms with Crippen LogP contribution >= 0.6 is 0 Å². The van der Waals surface area contributed by atoms with Crippen LogP contribution in [0.5, 0.6) is 5.75 Å². The van der Waals surface area contributed by atoms with Crippen LogP contribution in [0.4, 0.5) is 5.69 Å². The lowest BCUT2D eigenvalue weighted by molar-refractivity contribution is 0.295. The monoisotopic (exact) mass is 503 g/mol. The molecule has 0 radical (unpaired) electrons. The van der Waals surface area contributed by atoms with Gasteiger partial charge in [-0.25, -0.2) is 9.26 Å². The van der Waals surface area contributed by atoms with Crippen LogP contribution in [-0.4, -0.2) is 43.2 Å². The lowest BCUT2D eigenvalue weighted by atomic mass is 10.0. The maximum absolute atomic E-state index is 6.28. The fourth-order valence-electron chi connectivity index (χ4n) is 4.64. The summed E-state index contributed by atoms with van der Waals surface area (Å²) in [6.07, 6.45) is 6.31. The Bertz CT molecular complexity index is 1870. The van der Waals surface area contributed by atoms with Crippen molar-refractivity contribution >= 4 is 38.7 Å². The summed E-state index contributed by atoms with van der Waals surface area (Å²) in [4.78, 5) is 7.76. The number of hydrogen-bond acceptors (Lipinski definition) is 9. The van der Waals surface area contributed by atoms with Crippen molar-refractivity contribution in [3.8, 4) is 16.9 Å². The summed E-state index contributed by atoms with van der Waals surface area (Å²) in [5.41, 5.74) is 7.88. The molecule has 7 rings (SSSR count). The number of aromatic amines is 1. The molecule has 10 heteroatoms. The average Bonchev–Trinajstić information content (AvgIpc) is 3.71.